The average Bonchev–Trinajstić information content (AvgIpc) is 2.74. The van der Waals surface area contributed by atoms with Crippen LogP contribution in [0, 0.1) is 0 Å². The molecule has 1 atom stereocenters. The van der Waals surface area contributed by atoms with Gasteiger partial charge in [0.05, 0.1) is 0 Å². The zero-order chi connectivity index (χ0) is 11.0. The number of hydrogen-bond acceptors (Lipinski definition) is 2. The average molecular weight is 229 g/mol. The van der Waals surface area contributed by atoms with Crippen LogP contribution in [0.2, 0.25) is 0 Å². The van der Waals surface area contributed by atoms with Gasteiger partial charge in [0.25, 0.3) is 0 Å². The van der Waals surface area contributed by atoms with Gasteiger partial charge in [0.2, 0.25) is 0 Å². The van der Waals surface area contributed by atoms with E-state index in [0.717, 1.165) is 13.0 Å². The van der Waals surface area contributed by atoms with E-state index in [1.54, 1.807) is 0 Å². The molecule has 2 heteroatoms. The molecule has 1 heterocycles. The summed E-state index contributed by atoms with van der Waals surface area (Å²) < 4.78 is 0. The number of nitrogens with two attached hydrogens (primary N) is 1. The monoisotopic (exact) mass is 229 g/mol. The predicted molar refractivity (Wildman–Crippen MR) is 69.9 cm³/mol. The topological polar surface area (TPSA) is 26.0 Å². The lowest BCUT2D eigenvalue weighted by atomic mass is 9.96. The molecule has 82 valence electrons. The van der Waals surface area contributed by atoms with Gasteiger partial charge in [0, 0.05) is 4.88 Å². The molecule has 0 fully saturated rings. The minimum absolute atomic E-state index is 0.536. The van der Waals surface area contributed by atoms with Crippen LogP contribution in [0.15, 0.2) is 35.7 Å². The van der Waals surface area contributed by atoms with Crippen molar-refractivity contribution in [2.24, 2.45) is 5.73 Å². The third-order valence-corrected chi connectivity index (χ3v) is 4.41. The molecule has 0 amide bonds. The number of thiophene rings is 1. The summed E-state index contributed by atoms with van der Waals surface area (Å²) in [4.78, 5) is 1.43. The van der Waals surface area contributed by atoms with E-state index in [1.807, 2.05) is 11.3 Å². The Morgan fingerprint density at radius 1 is 1.25 bits per heavy atom. The van der Waals surface area contributed by atoms with Crippen molar-refractivity contribution in [1.82, 2.24) is 0 Å². The van der Waals surface area contributed by atoms with Crippen molar-refractivity contribution in [3.8, 4) is 10.4 Å². The van der Waals surface area contributed by atoms with Crippen LogP contribution in [0.5, 0.6) is 0 Å². The molecule has 0 aliphatic heterocycles. The van der Waals surface area contributed by atoms with Gasteiger partial charge in [-0.25, -0.2) is 0 Å². The van der Waals surface area contributed by atoms with Gasteiger partial charge in [-0.1, -0.05) is 24.3 Å². The molecule has 0 saturated heterocycles. The van der Waals surface area contributed by atoms with E-state index in [9.17, 15) is 0 Å². The summed E-state index contributed by atoms with van der Waals surface area (Å²) in [6.45, 7) is 0.762. The maximum absolute atomic E-state index is 5.89. The molecule has 0 bridgehead atoms. The lowest BCUT2D eigenvalue weighted by molar-refractivity contribution is 0.643. The van der Waals surface area contributed by atoms with Crippen molar-refractivity contribution in [1.29, 1.82) is 0 Å². The second kappa shape index (κ2) is 4.04. The van der Waals surface area contributed by atoms with Crippen LogP contribution in [-0.4, -0.2) is 6.54 Å². The third kappa shape index (κ3) is 1.49. The Balaban J connectivity index is 2.20. The van der Waals surface area contributed by atoms with E-state index >= 15 is 0 Å². The Morgan fingerprint density at radius 2 is 2.12 bits per heavy atom. The first-order valence-corrected chi connectivity index (χ1v) is 6.64. The van der Waals surface area contributed by atoms with Crippen molar-refractivity contribution in [3.63, 3.8) is 0 Å². The molecule has 1 aliphatic rings. The maximum Gasteiger partial charge on any atom is 0.0380 e. The van der Waals surface area contributed by atoms with Crippen LogP contribution >= 0.6 is 11.3 Å². The van der Waals surface area contributed by atoms with Crippen LogP contribution in [0.25, 0.3) is 10.4 Å². The lowest BCUT2D eigenvalue weighted by Crippen LogP contribution is -2.12. The molecule has 2 N–H and O–H groups in total. The molecule has 0 radical (unpaired) electrons. The second-order valence-electron chi connectivity index (χ2n) is 4.33. The van der Waals surface area contributed by atoms with Crippen LogP contribution in [0.3, 0.4) is 0 Å². The Morgan fingerprint density at radius 3 is 3.00 bits per heavy atom. The SMILES string of the molecule is NCC1CCc2ccccc2-c2sccc21. The number of hydrogen-bond donors (Lipinski definition) is 1. The fourth-order valence-corrected chi connectivity index (χ4v) is 3.60. The zero-order valence-electron chi connectivity index (χ0n) is 9.15. The highest BCUT2D eigenvalue weighted by Crippen LogP contribution is 2.40. The molecular formula is C14H15NS. The number of fused-ring (bicyclic) bond motifs is 3. The third-order valence-electron chi connectivity index (χ3n) is 3.44. The molecular weight excluding hydrogens is 214 g/mol. The minimum Gasteiger partial charge on any atom is -0.330 e. The van der Waals surface area contributed by atoms with Crippen molar-refractivity contribution in [2.75, 3.05) is 6.54 Å². The largest absolute Gasteiger partial charge is 0.330 e. The summed E-state index contributed by atoms with van der Waals surface area (Å²) in [6.07, 6.45) is 2.33. The van der Waals surface area contributed by atoms with Gasteiger partial charge in [-0.15, -0.1) is 11.3 Å². The van der Waals surface area contributed by atoms with Crippen LogP contribution < -0.4 is 5.73 Å². The summed E-state index contributed by atoms with van der Waals surface area (Å²) in [5, 5.41) is 2.19. The van der Waals surface area contributed by atoms with Crippen molar-refractivity contribution in [3.05, 3.63) is 46.8 Å². The van der Waals surface area contributed by atoms with Gasteiger partial charge in [-0.2, -0.15) is 0 Å². The van der Waals surface area contributed by atoms with Crippen molar-refractivity contribution < 1.29 is 0 Å². The molecule has 16 heavy (non-hydrogen) atoms. The predicted octanol–water partition coefficient (Wildman–Crippen LogP) is 3.40. The summed E-state index contributed by atoms with van der Waals surface area (Å²) in [5.41, 5.74) is 10.2. The minimum atomic E-state index is 0.536. The first kappa shape index (κ1) is 10.1. The van der Waals surface area contributed by atoms with Gasteiger partial charge >= 0.3 is 0 Å². The fraction of sp³-hybridized carbons (Fsp3) is 0.286. The number of rotatable bonds is 1. The molecule has 3 rings (SSSR count). The first-order valence-electron chi connectivity index (χ1n) is 5.76. The van der Waals surface area contributed by atoms with E-state index in [2.05, 4.69) is 35.7 Å². The van der Waals surface area contributed by atoms with Crippen molar-refractivity contribution in [2.45, 2.75) is 18.8 Å². The highest BCUT2D eigenvalue weighted by atomic mass is 32.1. The van der Waals surface area contributed by atoms with E-state index < -0.39 is 0 Å². The molecule has 1 aliphatic carbocycles. The fourth-order valence-electron chi connectivity index (χ4n) is 2.55. The molecule has 1 aromatic carbocycles. The Bertz CT molecular complexity index is 501. The summed E-state index contributed by atoms with van der Waals surface area (Å²) in [6, 6.07) is 11.0. The summed E-state index contributed by atoms with van der Waals surface area (Å²) >= 11 is 1.84. The molecule has 2 aromatic rings. The summed E-state index contributed by atoms with van der Waals surface area (Å²) in [7, 11) is 0. The Hall–Kier alpha value is -1.12. The molecule has 0 spiro atoms. The zero-order valence-corrected chi connectivity index (χ0v) is 9.96. The van der Waals surface area contributed by atoms with E-state index in [1.165, 1.54) is 28.0 Å². The highest BCUT2D eigenvalue weighted by molar-refractivity contribution is 7.13. The smallest absolute Gasteiger partial charge is 0.0380 e. The van der Waals surface area contributed by atoms with Crippen LogP contribution in [0.4, 0.5) is 0 Å². The van der Waals surface area contributed by atoms with Gasteiger partial charge < -0.3 is 5.73 Å². The summed E-state index contributed by atoms with van der Waals surface area (Å²) in [5.74, 6) is 0.536. The number of benzene rings is 1. The van der Waals surface area contributed by atoms with Crippen molar-refractivity contribution >= 4 is 11.3 Å². The normalized spacial score (nSPS) is 18.7. The quantitative estimate of drug-likeness (QED) is 0.797. The Kier molecular flexibility index (Phi) is 2.54. The van der Waals surface area contributed by atoms with E-state index in [4.69, 9.17) is 5.73 Å². The lowest BCUT2D eigenvalue weighted by Gasteiger charge is -2.11. The second-order valence-corrected chi connectivity index (χ2v) is 5.25. The van der Waals surface area contributed by atoms with Crippen LogP contribution in [-0.2, 0) is 6.42 Å². The first-order chi connectivity index (χ1) is 7.90. The van der Waals surface area contributed by atoms with Crippen LogP contribution in [0.1, 0.15) is 23.5 Å². The maximum atomic E-state index is 5.89. The number of aryl methyl sites for hydroxylation is 1. The molecule has 1 aromatic heterocycles. The molecule has 0 saturated carbocycles. The van der Waals surface area contributed by atoms with Gasteiger partial charge in [-0.3, -0.25) is 0 Å². The van der Waals surface area contributed by atoms with Gasteiger partial charge in [0.1, 0.15) is 0 Å². The van der Waals surface area contributed by atoms with Gasteiger partial charge in [0.15, 0.2) is 0 Å². The van der Waals surface area contributed by atoms with E-state index in [-0.39, 0.29) is 0 Å². The molecule has 1 nitrogen and oxygen atoms in total. The van der Waals surface area contributed by atoms with E-state index in [0.29, 0.717) is 5.92 Å². The highest BCUT2D eigenvalue weighted by Gasteiger charge is 2.21. The Labute approximate surface area is 99.9 Å². The molecule has 1 unspecified atom stereocenters. The van der Waals surface area contributed by atoms with Gasteiger partial charge in [-0.05, 0) is 53.4 Å². The standard InChI is InChI=1S/C14H15NS/c15-9-11-6-5-10-3-1-2-4-12(10)14-13(11)7-8-16-14/h1-4,7-8,11H,5-6,9,15H2.